The Morgan fingerprint density at radius 2 is 0.727 bits per heavy atom. The van der Waals surface area contributed by atoms with Crippen LogP contribution in [0.2, 0.25) is 0 Å². The molecule has 0 atom stereocenters. The molecule has 130 valence electrons. The second kappa shape index (κ2) is 10.2. The first-order valence-electron chi connectivity index (χ1n) is 9.12. The van der Waals surface area contributed by atoms with Crippen molar-refractivity contribution in [2.75, 3.05) is 0 Å². The summed E-state index contributed by atoms with van der Waals surface area (Å²) in [4.78, 5) is 23.5. The van der Waals surface area contributed by atoms with E-state index in [1.165, 1.54) is 38.5 Å². The summed E-state index contributed by atoms with van der Waals surface area (Å²) in [6.45, 7) is 12.0. The molecule has 0 unspecified atom stereocenters. The molecule has 0 N–H and O–H groups in total. The molecule has 0 aliphatic carbocycles. The van der Waals surface area contributed by atoms with Crippen LogP contribution in [-0.2, 0) is 9.59 Å². The van der Waals surface area contributed by atoms with E-state index in [1.807, 2.05) is 41.5 Å². The van der Waals surface area contributed by atoms with E-state index in [2.05, 4.69) is 0 Å². The van der Waals surface area contributed by atoms with Crippen LogP contribution in [0.4, 0.5) is 0 Å². The monoisotopic (exact) mass is 310 g/mol. The van der Waals surface area contributed by atoms with E-state index in [0.717, 1.165) is 25.7 Å². The first-order chi connectivity index (χ1) is 10.0. The first kappa shape index (κ1) is 21.3. The van der Waals surface area contributed by atoms with Gasteiger partial charge in [-0.3, -0.25) is 9.59 Å². The smallest absolute Gasteiger partial charge is 0.138 e. The molecule has 0 fully saturated rings. The van der Waals surface area contributed by atoms with Crippen LogP contribution in [-0.4, -0.2) is 11.6 Å². The molecule has 0 rings (SSSR count). The number of hydrogen-bond acceptors (Lipinski definition) is 2. The Bertz CT molecular complexity index is 295. The van der Waals surface area contributed by atoms with Gasteiger partial charge in [0.25, 0.3) is 0 Å². The van der Waals surface area contributed by atoms with E-state index in [1.54, 1.807) is 0 Å². The molecule has 0 spiro atoms. The fourth-order valence-electron chi connectivity index (χ4n) is 2.38. The Kier molecular flexibility index (Phi) is 9.87. The molecule has 0 amide bonds. The number of Topliss-reactive ketones (excluding diaryl/α,β-unsaturated/α-hetero) is 2. The third-order valence-corrected chi connectivity index (χ3v) is 4.23. The minimum atomic E-state index is -0.176. The molecular formula is C20H38O2. The SMILES string of the molecule is CC(C)(C)C(=O)CCCCCCCCCCC(=O)C(C)(C)C. The quantitative estimate of drug-likeness (QED) is 0.431. The first-order valence-corrected chi connectivity index (χ1v) is 9.12. The molecule has 0 bridgehead atoms. The maximum absolute atomic E-state index is 11.8. The van der Waals surface area contributed by atoms with Crippen LogP contribution < -0.4 is 0 Å². The molecule has 0 radical (unpaired) electrons. The number of ketones is 2. The summed E-state index contributed by atoms with van der Waals surface area (Å²) in [5.41, 5.74) is -0.352. The largest absolute Gasteiger partial charge is 0.299 e. The topological polar surface area (TPSA) is 34.1 Å². The van der Waals surface area contributed by atoms with Gasteiger partial charge in [-0.1, -0.05) is 80.1 Å². The highest BCUT2D eigenvalue weighted by Crippen LogP contribution is 2.20. The minimum Gasteiger partial charge on any atom is -0.299 e. The van der Waals surface area contributed by atoms with Gasteiger partial charge in [-0.15, -0.1) is 0 Å². The van der Waals surface area contributed by atoms with E-state index in [9.17, 15) is 9.59 Å². The molecule has 2 heteroatoms. The lowest BCUT2D eigenvalue weighted by molar-refractivity contribution is -0.127. The van der Waals surface area contributed by atoms with Crippen LogP contribution >= 0.6 is 0 Å². The van der Waals surface area contributed by atoms with Crippen LogP contribution in [0.25, 0.3) is 0 Å². The lowest BCUT2D eigenvalue weighted by atomic mass is 9.87. The van der Waals surface area contributed by atoms with Crippen molar-refractivity contribution >= 4 is 11.6 Å². The van der Waals surface area contributed by atoms with Gasteiger partial charge in [-0.2, -0.15) is 0 Å². The van der Waals surface area contributed by atoms with Gasteiger partial charge in [0.05, 0.1) is 0 Å². The van der Waals surface area contributed by atoms with Crippen molar-refractivity contribution in [1.82, 2.24) is 0 Å². The average Bonchev–Trinajstić information content (AvgIpc) is 2.38. The molecule has 2 nitrogen and oxygen atoms in total. The normalized spacial score (nSPS) is 12.5. The highest BCUT2D eigenvalue weighted by Gasteiger charge is 2.20. The van der Waals surface area contributed by atoms with Crippen LogP contribution in [0, 0.1) is 10.8 Å². The number of hydrogen-bond donors (Lipinski definition) is 0. The highest BCUT2D eigenvalue weighted by molar-refractivity contribution is 5.83. The predicted octanol–water partition coefficient (Wildman–Crippen LogP) is 6.12. The number of rotatable bonds is 11. The third-order valence-electron chi connectivity index (χ3n) is 4.23. The Morgan fingerprint density at radius 3 is 0.955 bits per heavy atom. The Hall–Kier alpha value is -0.660. The summed E-state index contributed by atoms with van der Waals surface area (Å²) >= 11 is 0. The zero-order valence-electron chi connectivity index (χ0n) is 15.9. The van der Waals surface area contributed by atoms with Crippen molar-refractivity contribution in [1.29, 1.82) is 0 Å². The Balaban J connectivity index is 3.38. The van der Waals surface area contributed by atoms with Crippen LogP contribution in [0.3, 0.4) is 0 Å². The zero-order chi connectivity index (χ0) is 17.2. The number of unbranched alkanes of at least 4 members (excludes halogenated alkanes) is 7. The highest BCUT2D eigenvalue weighted by atomic mass is 16.1. The van der Waals surface area contributed by atoms with Gasteiger partial charge >= 0.3 is 0 Å². The lowest BCUT2D eigenvalue weighted by Crippen LogP contribution is -2.19. The van der Waals surface area contributed by atoms with Crippen molar-refractivity contribution in [2.45, 2.75) is 106 Å². The van der Waals surface area contributed by atoms with E-state index in [-0.39, 0.29) is 10.8 Å². The molecule has 0 saturated carbocycles. The minimum absolute atomic E-state index is 0.176. The average molecular weight is 311 g/mol. The molecule has 0 aromatic carbocycles. The van der Waals surface area contributed by atoms with E-state index < -0.39 is 0 Å². The van der Waals surface area contributed by atoms with Crippen molar-refractivity contribution in [2.24, 2.45) is 10.8 Å². The van der Waals surface area contributed by atoms with Gasteiger partial charge in [0, 0.05) is 23.7 Å². The third kappa shape index (κ3) is 11.0. The maximum atomic E-state index is 11.8. The summed E-state index contributed by atoms with van der Waals surface area (Å²) < 4.78 is 0. The standard InChI is InChI=1S/C20H38O2/c1-19(2,3)17(21)15-13-11-9-7-8-10-12-14-16-18(22)20(4,5)6/h7-16H2,1-6H3. The summed E-state index contributed by atoms with van der Waals surface area (Å²) in [7, 11) is 0. The molecule has 0 aromatic rings. The van der Waals surface area contributed by atoms with Gasteiger partial charge in [0.2, 0.25) is 0 Å². The molecule has 0 saturated heterocycles. The maximum Gasteiger partial charge on any atom is 0.138 e. The van der Waals surface area contributed by atoms with Crippen molar-refractivity contribution in [3.63, 3.8) is 0 Å². The van der Waals surface area contributed by atoms with Gasteiger partial charge < -0.3 is 0 Å². The molecule has 0 heterocycles. The molecule has 0 aliphatic rings. The van der Waals surface area contributed by atoms with Crippen LogP contribution in [0.15, 0.2) is 0 Å². The van der Waals surface area contributed by atoms with Crippen molar-refractivity contribution in [3.8, 4) is 0 Å². The number of carbonyl (C=O) groups is 2. The number of carbonyl (C=O) groups excluding carboxylic acids is 2. The lowest BCUT2D eigenvalue weighted by Gasteiger charge is -2.16. The summed E-state index contributed by atoms with van der Waals surface area (Å²) in [5, 5.41) is 0. The fraction of sp³-hybridized carbons (Fsp3) is 0.900. The summed E-state index contributed by atoms with van der Waals surface area (Å²) in [6.07, 6.45) is 10.9. The zero-order valence-corrected chi connectivity index (χ0v) is 15.9. The van der Waals surface area contributed by atoms with Crippen LogP contribution in [0.1, 0.15) is 106 Å². The predicted molar refractivity (Wildman–Crippen MR) is 95.1 cm³/mol. The Labute approximate surface area is 138 Å². The van der Waals surface area contributed by atoms with Gasteiger partial charge in [-0.05, 0) is 12.8 Å². The van der Waals surface area contributed by atoms with Crippen molar-refractivity contribution < 1.29 is 9.59 Å². The van der Waals surface area contributed by atoms with Gasteiger partial charge in [0.15, 0.2) is 0 Å². The van der Waals surface area contributed by atoms with E-state index >= 15 is 0 Å². The van der Waals surface area contributed by atoms with E-state index in [4.69, 9.17) is 0 Å². The van der Waals surface area contributed by atoms with Gasteiger partial charge in [-0.25, -0.2) is 0 Å². The van der Waals surface area contributed by atoms with Gasteiger partial charge in [0.1, 0.15) is 11.6 Å². The second-order valence-electron chi connectivity index (χ2n) is 8.67. The fourth-order valence-corrected chi connectivity index (χ4v) is 2.38. The second-order valence-corrected chi connectivity index (χ2v) is 8.67. The molecule has 0 aromatic heterocycles. The molecule has 0 aliphatic heterocycles. The summed E-state index contributed by atoms with van der Waals surface area (Å²) in [6, 6.07) is 0. The van der Waals surface area contributed by atoms with Crippen molar-refractivity contribution in [3.05, 3.63) is 0 Å². The van der Waals surface area contributed by atoms with Crippen LogP contribution in [0.5, 0.6) is 0 Å². The molecular weight excluding hydrogens is 272 g/mol. The molecule has 22 heavy (non-hydrogen) atoms. The van der Waals surface area contributed by atoms with E-state index in [0.29, 0.717) is 11.6 Å². The Morgan fingerprint density at radius 1 is 0.500 bits per heavy atom. The summed E-state index contributed by atoms with van der Waals surface area (Å²) in [5.74, 6) is 0.770.